The Morgan fingerprint density at radius 2 is 1.90 bits per heavy atom. The van der Waals surface area contributed by atoms with E-state index in [1.807, 2.05) is 11.3 Å². The fraction of sp³-hybridized carbons (Fsp3) is 0.556. The van der Waals surface area contributed by atoms with Crippen molar-refractivity contribution in [3.05, 3.63) is 35.2 Å². The number of fused-ring (bicyclic) bond motifs is 1. The number of hydrogen-bond acceptors (Lipinski definition) is 3. The van der Waals surface area contributed by atoms with Gasteiger partial charge in [0.25, 0.3) is 0 Å². The maximum Gasteiger partial charge on any atom is 0.0363 e. The predicted molar refractivity (Wildman–Crippen MR) is 93.1 cm³/mol. The smallest absolute Gasteiger partial charge is 0.0363 e. The molecule has 0 aliphatic carbocycles. The molecule has 1 N–H and O–H groups in total. The molecule has 21 heavy (non-hydrogen) atoms. The number of rotatable bonds is 5. The van der Waals surface area contributed by atoms with Crippen LogP contribution in [0.5, 0.6) is 0 Å². The first-order valence-corrected chi connectivity index (χ1v) is 9.04. The van der Waals surface area contributed by atoms with Gasteiger partial charge in [-0.15, -0.1) is 11.3 Å². The fourth-order valence-electron chi connectivity index (χ4n) is 3.28. The molecule has 1 aromatic heterocycles. The summed E-state index contributed by atoms with van der Waals surface area (Å²) in [7, 11) is 0. The third-order valence-corrected chi connectivity index (χ3v) is 5.46. The van der Waals surface area contributed by atoms with Gasteiger partial charge in [0, 0.05) is 36.9 Å². The number of nitrogens with zero attached hydrogens (tertiary/aromatic N) is 1. The van der Waals surface area contributed by atoms with E-state index >= 15 is 0 Å². The molecule has 1 atom stereocenters. The molecule has 0 amide bonds. The van der Waals surface area contributed by atoms with E-state index in [0.29, 0.717) is 6.04 Å². The fourth-order valence-corrected chi connectivity index (χ4v) is 4.28. The Labute approximate surface area is 132 Å². The molecule has 1 aliphatic heterocycles. The average Bonchev–Trinajstić information content (AvgIpc) is 2.93. The minimum Gasteiger partial charge on any atom is -0.314 e. The molecule has 0 saturated carbocycles. The molecule has 2 aromatic rings. The first-order chi connectivity index (χ1) is 10.3. The number of piperazine rings is 1. The van der Waals surface area contributed by atoms with E-state index in [9.17, 15) is 0 Å². The molecule has 3 heteroatoms. The lowest BCUT2D eigenvalue weighted by atomic mass is 9.95. The van der Waals surface area contributed by atoms with Crippen LogP contribution in [0.25, 0.3) is 10.1 Å². The lowest BCUT2D eigenvalue weighted by molar-refractivity contribution is 0.161. The van der Waals surface area contributed by atoms with Crippen molar-refractivity contribution in [1.29, 1.82) is 0 Å². The lowest BCUT2D eigenvalue weighted by Crippen LogP contribution is -2.45. The van der Waals surface area contributed by atoms with Gasteiger partial charge in [-0.05, 0) is 41.2 Å². The van der Waals surface area contributed by atoms with E-state index in [4.69, 9.17) is 0 Å². The summed E-state index contributed by atoms with van der Waals surface area (Å²) in [6.45, 7) is 9.27. The first kappa shape index (κ1) is 15.0. The number of hydrogen-bond donors (Lipinski definition) is 1. The van der Waals surface area contributed by atoms with E-state index in [0.717, 1.165) is 19.0 Å². The highest BCUT2D eigenvalue weighted by Crippen LogP contribution is 2.36. The van der Waals surface area contributed by atoms with Crippen LogP contribution < -0.4 is 5.32 Å². The number of thiophene rings is 1. The van der Waals surface area contributed by atoms with Gasteiger partial charge in [-0.2, -0.15) is 0 Å². The monoisotopic (exact) mass is 302 g/mol. The zero-order chi connectivity index (χ0) is 14.7. The number of benzene rings is 1. The maximum absolute atomic E-state index is 3.48. The van der Waals surface area contributed by atoms with Gasteiger partial charge in [0.1, 0.15) is 0 Å². The average molecular weight is 302 g/mol. The largest absolute Gasteiger partial charge is 0.314 e. The highest BCUT2D eigenvalue weighted by molar-refractivity contribution is 7.17. The van der Waals surface area contributed by atoms with Crippen LogP contribution in [0.15, 0.2) is 29.6 Å². The molecule has 3 rings (SSSR count). The molecule has 0 bridgehead atoms. The summed E-state index contributed by atoms with van der Waals surface area (Å²) >= 11 is 1.90. The van der Waals surface area contributed by atoms with Gasteiger partial charge in [-0.3, -0.25) is 4.90 Å². The maximum atomic E-state index is 3.48. The Bertz CT molecular complexity index is 569. The molecule has 0 radical (unpaired) electrons. The zero-order valence-corrected chi connectivity index (χ0v) is 14.0. The van der Waals surface area contributed by atoms with Gasteiger partial charge in [0.15, 0.2) is 0 Å². The summed E-state index contributed by atoms with van der Waals surface area (Å²) in [6, 6.07) is 9.46. The molecule has 2 heterocycles. The van der Waals surface area contributed by atoms with E-state index in [2.05, 4.69) is 53.7 Å². The summed E-state index contributed by atoms with van der Waals surface area (Å²) in [5.41, 5.74) is 1.55. The van der Waals surface area contributed by atoms with Crippen LogP contribution in [-0.4, -0.2) is 31.1 Å². The van der Waals surface area contributed by atoms with Crippen molar-refractivity contribution < 1.29 is 0 Å². The second kappa shape index (κ2) is 6.91. The summed E-state index contributed by atoms with van der Waals surface area (Å²) in [4.78, 5) is 2.69. The van der Waals surface area contributed by atoms with E-state index < -0.39 is 0 Å². The summed E-state index contributed by atoms with van der Waals surface area (Å²) < 4.78 is 1.43. The molecule has 0 unspecified atom stereocenters. The second-order valence-electron chi connectivity index (χ2n) is 6.46. The standard InChI is InChI=1S/C18H26N2S/c1-14(2)7-8-17(20-11-9-19-10-12-20)16-13-21-18-6-4-3-5-15(16)18/h3-6,13-14,17,19H,7-12H2,1-2H3/t17-/m1/s1. The van der Waals surface area contributed by atoms with Crippen molar-refractivity contribution in [2.75, 3.05) is 26.2 Å². The van der Waals surface area contributed by atoms with Crippen molar-refractivity contribution in [1.82, 2.24) is 10.2 Å². The van der Waals surface area contributed by atoms with Crippen LogP contribution in [0.1, 0.15) is 38.3 Å². The van der Waals surface area contributed by atoms with Crippen LogP contribution in [0.2, 0.25) is 0 Å². The van der Waals surface area contributed by atoms with Gasteiger partial charge in [0.2, 0.25) is 0 Å². The zero-order valence-electron chi connectivity index (χ0n) is 13.1. The molecule has 0 spiro atoms. The highest BCUT2D eigenvalue weighted by atomic mass is 32.1. The van der Waals surface area contributed by atoms with Crippen molar-refractivity contribution >= 4 is 21.4 Å². The molecule has 2 nitrogen and oxygen atoms in total. The van der Waals surface area contributed by atoms with E-state index in [1.54, 1.807) is 5.56 Å². The van der Waals surface area contributed by atoms with Crippen molar-refractivity contribution in [2.24, 2.45) is 5.92 Å². The number of nitrogens with one attached hydrogen (secondary N) is 1. The molecule has 1 aliphatic rings. The predicted octanol–water partition coefficient (Wildman–Crippen LogP) is 4.28. The summed E-state index contributed by atoms with van der Waals surface area (Å²) in [5.74, 6) is 0.778. The minimum absolute atomic E-state index is 0.589. The third kappa shape index (κ3) is 3.47. The van der Waals surface area contributed by atoms with E-state index in [1.165, 1.54) is 36.0 Å². The van der Waals surface area contributed by atoms with Crippen LogP contribution in [-0.2, 0) is 0 Å². The van der Waals surface area contributed by atoms with Crippen LogP contribution in [0.4, 0.5) is 0 Å². The Morgan fingerprint density at radius 1 is 1.14 bits per heavy atom. The van der Waals surface area contributed by atoms with Gasteiger partial charge < -0.3 is 5.32 Å². The SMILES string of the molecule is CC(C)CC[C@H](c1csc2ccccc12)N1CCNCC1. The summed E-state index contributed by atoms with van der Waals surface area (Å²) in [5, 5.41) is 7.35. The van der Waals surface area contributed by atoms with Gasteiger partial charge >= 0.3 is 0 Å². The Morgan fingerprint density at radius 3 is 2.67 bits per heavy atom. The molecular formula is C18H26N2S. The van der Waals surface area contributed by atoms with E-state index in [-0.39, 0.29) is 0 Å². The van der Waals surface area contributed by atoms with Crippen molar-refractivity contribution in [3.63, 3.8) is 0 Å². The molecule has 1 fully saturated rings. The van der Waals surface area contributed by atoms with Crippen molar-refractivity contribution in [2.45, 2.75) is 32.7 Å². The highest BCUT2D eigenvalue weighted by Gasteiger charge is 2.24. The second-order valence-corrected chi connectivity index (χ2v) is 7.37. The van der Waals surface area contributed by atoms with Gasteiger partial charge in [-0.25, -0.2) is 0 Å². The quantitative estimate of drug-likeness (QED) is 0.886. The lowest BCUT2D eigenvalue weighted by Gasteiger charge is -2.35. The molecule has 114 valence electrons. The third-order valence-electron chi connectivity index (χ3n) is 4.48. The Balaban J connectivity index is 1.89. The Hall–Kier alpha value is -0.900. The Kier molecular flexibility index (Phi) is 4.94. The van der Waals surface area contributed by atoms with Crippen LogP contribution >= 0.6 is 11.3 Å². The first-order valence-electron chi connectivity index (χ1n) is 8.16. The van der Waals surface area contributed by atoms with Crippen molar-refractivity contribution in [3.8, 4) is 0 Å². The van der Waals surface area contributed by atoms with Crippen LogP contribution in [0.3, 0.4) is 0 Å². The minimum atomic E-state index is 0.589. The van der Waals surface area contributed by atoms with Gasteiger partial charge in [0.05, 0.1) is 0 Å². The normalized spacial score (nSPS) is 18.4. The molecule has 1 saturated heterocycles. The van der Waals surface area contributed by atoms with Crippen LogP contribution in [0, 0.1) is 5.92 Å². The van der Waals surface area contributed by atoms with Gasteiger partial charge in [-0.1, -0.05) is 32.0 Å². The molecular weight excluding hydrogens is 276 g/mol. The summed E-state index contributed by atoms with van der Waals surface area (Å²) in [6.07, 6.45) is 2.58. The topological polar surface area (TPSA) is 15.3 Å². The molecule has 1 aromatic carbocycles.